The largest absolute Gasteiger partial charge is 0.481 e. The Morgan fingerprint density at radius 3 is 2.86 bits per heavy atom. The molecule has 1 aromatic heterocycles. The third-order valence-corrected chi connectivity index (χ3v) is 2.91. The lowest BCUT2D eigenvalue weighted by molar-refractivity contribution is -0.141. The fourth-order valence-corrected chi connectivity index (χ4v) is 1.76. The van der Waals surface area contributed by atoms with Crippen molar-refractivity contribution in [3.63, 3.8) is 0 Å². The van der Waals surface area contributed by atoms with Crippen molar-refractivity contribution in [1.29, 1.82) is 0 Å². The van der Waals surface area contributed by atoms with Crippen LogP contribution >= 0.6 is 11.8 Å². The third kappa shape index (κ3) is 2.29. The minimum absolute atomic E-state index is 0.361. The van der Waals surface area contributed by atoms with Crippen molar-refractivity contribution >= 4 is 17.7 Å². The van der Waals surface area contributed by atoms with Crippen molar-refractivity contribution in [2.24, 2.45) is 13.0 Å². The van der Waals surface area contributed by atoms with Gasteiger partial charge < -0.3 is 9.67 Å². The number of carboxylic acid groups (broad SMARTS) is 1. The molecule has 1 unspecified atom stereocenters. The van der Waals surface area contributed by atoms with Crippen molar-refractivity contribution in [2.45, 2.75) is 18.5 Å². The molecule has 0 amide bonds. The number of carbonyl (C=O) groups is 1. The molecule has 14 heavy (non-hydrogen) atoms. The predicted molar refractivity (Wildman–Crippen MR) is 55.5 cm³/mol. The molecule has 0 fully saturated rings. The molecule has 0 aliphatic heterocycles. The molecule has 0 saturated heterocycles. The van der Waals surface area contributed by atoms with Crippen LogP contribution in [0.4, 0.5) is 0 Å². The van der Waals surface area contributed by atoms with Crippen molar-refractivity contribution < 1.29 is 9.90 Å². The van der Waals surface area contributed by atoms with Gasteiger partial charge in [0.2, 0.25) is 0 Å². The van der Waals surface area contributed by atoms with Crippen LogP contribution < -0.4 is 0 Å². The molecule has 0 aliphatic rings. The van der Waals surface area contributed by atoms with E-state index in [2.05, 4.69) is 4.98 Å². The zero-order valence-electron chi connectivity index (χ0n) is 8.52. The summed E-state index contributed by atoms with van der Waals surface area (Å²) >= 11 is 1.56. The number of hydrogen-bond donors (Lipinski definition) is 1. The standard InChI is InChI=1S/C9H14N2O2S/c1-6(8(12)13)4-7-5-10-9(14-3)11(7)2/h5-6H,4H2,1-3H3,(H,12,13). The van der Waals surface area contributed by atoms with Crippen molar-refractivity contribution in [3.8, 4) is 0 Å². The van der Waals surface area contributed by atoms with Crippen LogP contribution in [-0.2, 0) is 18.3 Å². The Balaban J connectivity index is 2.77. The van der Waals surface area contributed by atoms with Crippen LogP contribution in [-0.4, -0.2) is 26.9 Å². The SMILES string of the molecule is CSc1ncc(CC(C)C(=O)O)n1C. The summed E-state index contributed by atoms with van der Waals surface area (Å²) in [6, 6.07) is 0. The molecule has 0 aliphatic carbocycles. The van der Waals surface area contributed by atoms with Gasteiger partial charge in [0.1, 0.15) is 0 Å². The maximum absolute atomic E-state index is 10.7. The van der Waals surface area contributed by atoms with Crippen LogP contribution in [0.25, 0.3) is 0 Å². The van der Waals surface area contributed by atoms with E-state index in [1.807, 2.05) is 17.9 Å². The Kier molecular flexibility index (Phi) is 3.57. The third-order valence-electron chi connectivity index (χ3n) is 2.16. The number of imidazole rings is 1. The van der Waals surface area contributed by atoms with Crippen LogP contribution in [0.15, 0.2) is 11.4 Å². The van der Waals surface area contributed by atoms with Gasteiger partial charge in [-0.1, -0.05) is 18.7 Å². The number of aromatic nitrogens is 2. The Morgan fingerprint density at radius 1 is 1.79 bits per heavy atom. The number of nitrogens with zero attached hydrogens (tertiary/aromatic N) is 2. The Labute approximate surface area is 87.3 Å². The monoisotopic (exact) mass is 214 g/mol. The molecule has 0 bridgehead atoms. The van der Waals surface area contributed by atoms with Gasteiger partial charge in [-0.3, -0.25) is 4.79 Å². The topological polar surface area (TPSA) is 55.1 Å². The Hall–Kier alpha value is -0.970. The van der Waals surface area contributed by atoms with Gasteiger partial charge in [0.25, 0.3) is 0 Å². The molecular weight excluding hydrogens is 200 g/mol. The molecule has 1 atom stereocenters. The molecule has 1 rings (SSSR count). The van der Waals surface area contributed by atoms with Crippen molar-refractivity contribution in [3.05, 3.63) is 11.9 Å². The predicted octanol–water partition coefficient (Wildman–Crippen LogP) is 1.41. The van der Waals surface area contributed by atoms with E-state index < -0.39 is 5.97 Å². The zero-order chi connectivity index (χ0) is 10.7. The number of hydrogen-bond acceptors (Lipinski definition) is 3. The fourth-order valence-electron chi connectivity index (χ4n) is 1.21. The fraction of sp³-hybridized carbons (Fsp3) is 0.556. The van der Waals surface area contributed by atoms with Gasteiger partial charge in [-0.05, 0) is 6.26 Å². The summed E-state index contributed by atoms with van der Waals surface area (Å²) in [6.07, 6.45) is 4.22. The van der Waals surface area contributed by atoms with E-state index in [-0.39, 0.29) is 5.92 Å². The summed E-state index contributed by atoms with van der Waals surface area (Å²) < 4.78 is 1.93. The number of thioether (sulfide) groups is 1. The quantitative estimate of drug-likeness (QED) is 0.770. The van der Waals surface area contributed by atoms with Crippen molar-refractivity contribution in [2.75, 3.05) is 6.26 Å². The molecule has 1 aromatic rings. The molecule has 0 aromatic carbocycles. The van der Waals surface area contributed by atoms with E-state index >= 15 is 0 Å². The van der Waals surface area contributed by atoms with E-state index in [1.54, 1.807) is 24.9 Å². The highest BCUT2D eigenvalue weighted by molar-refractivity contribution is 7.98. The van der Waals surface area contributed by atoms with Crippen LogP contribution in [0.2, 0.25) is 0 Å². The minimum Gasteiger partial charge on any atom is -0.481 e. The summed E-state index contributed by atoms with van der Waals surface area (Å²) in [5, 5.41) is 9.68. The van der Waals surface area contributed by atoms with Crippen LogP contribution in [0, 0.1) is 5.92 Å². The first-order chi connectivity index (χ1) is 6.56. The lowest BCUT2D eigenvalue weighted by atomic mass is 10.1. The summed E-state index contributed by atoms with van der Waals surface area (Å²) in [7, 11) is 1.91. The van der Waals surface area contributed by atoms with E-state index in [4.69, 9.17) is 5.11 Å². The Morgan fingerprint density at radius 2 is 2.43 bits per heavy atom. The molecule has 78 valence electrons. The van der Waals surface area contributed by atoms with Gasteiger partial charge in [-0.2, -0.15) is 0 Å². The second kappa shape index (κ2) is 4.50. The second-order valence-corrected chi connectivity index (χ2v) is 4.01. The average molecular weight is 214 g/mol. The molecule has 1 heterocycles. The van der Waals surface area contributed by atoms with Crippen LogP contribution in [0.3, 0.4) is 0 Å². The first kappa shape index (κ1) is 11.1. The summed E-state index contributed by atoms with van der Waals surface area (Å²) in [6.45, 7) is 1.70. The first-order valence-corrected chi connectivity index (χ1v) is 5.56. The molecule has 0 radical (unpaired) electrons. The average Bonchev–Trinajstić information content (AvgIpc) is 2.47. The molecule has 0 saturated carbocycles. The van der Waals surface area contributed by atoms with Gasteiger partial charge in [0.05, 0.1) is 5.92 Å². The van der Waals surface area contributed by atoms with Gasteiger partial charge >= 0.3 is 5.97 Å². The smallest absolute Gasteiger partial charge is 0.306 e. The van der Waals surface area contributed by atoms with E-state index in [1.165, 1.54) is 0 Å². The molecule has 0 spiro atoms. The molecule has 5 heteroatoms. The highest BCUT2D eigenvalue weighted by Gasteiger charge is 2.14. The maximum atomic E-state index is 10.7. The van der Waals surface area contributed by atoms with E-state index in [0.717, 1.165) is 10.9 Å². The van der Waals surface area contributed by atoms with Crippen molar-refractivity contribution in [1.82, 2.24) is 9.55 Å². The Bertz CT molecular complexity index is 336. The van der Waals surface area contributed by atoms with E-state index in [9.17, 15) is 4.79 Å². The maximum Gasteiger partial charge on any atom is 0.306 e. The summed E-state index contributed by atoms with van der Waals surface area (Å²) in [5.41, 5.74) is 0.962. The van der Waals surface area contributed by atoms with Crippen LogP contribution in [0.1, 0.15) is 12.6 Å². The number of rotatable bonds is 4. The van der Waals surface area contributed by atoms with Gasteiger partial charge in [-0.15, -0.1) is 0 Å². The van der Waals surface area contributed by atoms with E-state index in [0.29, 0.717) is 6.42 Å². The van der Waals surface area contributed by atoms with Gasteiger partial charge in [0, 0.05) is 25.4 Å². The summed E-state index contributed by atoms with van der Waals surface area (Å²) in [5.74, 6) is -1.13. The van der Waals surface area contributed by atoms with Gasteiger partial charge in [0.15, 0.2) is 5.16 Å². The molecular formula is C9H14N2O2S. The highest BCUT2D eigenvalue weighted by atomic mass is 32.2. The second-order valence-electron chi connectivity index (χ2n) is 3.24. The number of carboxylic acids is 1. The normalized spacial score (nSPS) is 12.8. The van der Waals surface area contributed by atoms with Crippen LogP contribution in [0.5, 0.6) is 0 Å². The lowest BCUT2D eigenvalue weighted by Crippen LogP contribution is -2.14. The zero-order valence-corrected chi connectivity index (χ0v) is 9.34. The minimum atomic E-state index is -0.767. The lowest BCUT2D eigenvalue weighted by Gasteiger charge is -2.07. The molecule has 4 nitrogen and oxygen atoms in total. The highest BCUT2D eigenvalue weighted by Crippen LogP contribution is 2.16. The number of aliphatic carboxylic acids is 1. The summed E-state index contributed by atoms with van der Waals surface area (Å²) in [4.78, 5) is 14.8. The first-order valence-electron chi connectivity index (χ1n) is 4.33. The molecule has 1 N–H and O–H groups in total. The van der Waals surface area contributed by atoms with Gasteiger partial charge in [-0.25, -0.2) is 4.98 Å².